The van der Waals surface area contributed by atoms with Gasteiger partial charge in [0.1, 0.15) is 11.6 Å². The Morgan fingerprint density at radius 2 is 1.85 bits per heavy atom. The standard InChI is InChI=1S/C16H19FN2O/c1-19(2)8-3-9-20-16-6-4-13(5-7-16)14-10-15(17)12-18-11-14/h4-7,10-12H,3,8-9H2,1-2H3. The van der Waals surface area contributed by atoms with E-state index in [1.54, 1.807) is 6.20 Å². The highest BCUT2D eigenvalue weighted by Crippen LogP contribution is 2.22. The number of rotatable bonds is 6. The third kappa shape index (κ3) is 4.31. The molecule has 0 aliphatic carbocycles. The first-order chi connectivity index (χ1) is 9.65. The number of halogens is 1. The predicted octanol–water partition coefficient (Wildman–Crippen LogP) is 3.22. The van der Waals surface area contributed by atoms with Gasteiger partial charge in [0.05, 0.1) is 12.8 Å². The fourth-order valence-electron chi connectivity index (χ4n) is 1.88. The zero-order valence-electron chi connectivity index (χ0n) is 11.8. The monoisotopic (exact) mass is 274 g/mol. The molecule has 4 heteroatoms. The van der Waals surface area contributed by atoms with Crippen LogP contribution in [0.4, 0.5) is 4.39 Å². The van der Waals surface area contributed by atoms with Crippen LogP contribution in [0.1, 0.15) is 6.42 Å². The number of hydrogen-bond acceptors (Lipinski definition) is 3. The largest absolute Gasteiger partial charge is 0.494 e. The molecule has 0 amide bonds. The first kappa shape index (κ1) is 14.5. The minimum absolute atomic E-state index is 0.327. The maximum atomic E-state index is 13.1. The Hall–Kier alpha value is -1.94. The molecule has 0 spiro atoms. The minimum Gasteiger partial charge on any atom is -0.494 e. The van der Waals surface area contributed by atoms with Crippen LogP contribution in [-0.2, 0) is 0 Å². The summed E-state index contributed by atoms with van der Waals surface area (Å²) in [5, 5.41) is 0. The summed E-state index contributed by atoms with van der Waals surface area (Å²) in [7, 11) is 4.09. The molecule has 0 N–H and O–H groups in total. The summed E-state index contributed by atoms with van der Waals surface area (Å²) in [6.07, 6.45) is 3.84. The fraction of sp³-hybridized carbons (Fsp3) is 0.312. The maximum Gasteiger partial charge on any atom is 0.142 e. The second-order valence-electron chi connectivity index (χ2n) is 4.92. The number of aromatic nitrogens is 1. The van der Waals surface area contributed by atoms with E-state index in [2.05, 4.69) is 9.88 Å². The lowest BCUT2D eigenvalue weighted by molar-refractivity contribution is 0.281. The first-order valence-electron chi connectivity index (χ1n) is 6.63. The van der Waals surface area contributed by atoms with Gasteiger partial charge < -0.3 is 9.64 Å². The van der Waals surface area contributed by atoms with Crippen LogP contribution in [0.5, 0.6) is 5.75 Å². The van der Waals surface area contributed by atoms with E-state index in [0.29, 0.717) is 6.61 Å². The topological polar surface area (TPSA) is 25.4 Å². The van der Waals surface area contributed by atoms with Gasteiger partial charge >= 0.3 is 0 Å². The van der Waals surface area contributed by atoms with E-state index in [-0.39, 0.29) is 5.82 Å². The Bertz CT molecular complexity index is 540. The summed E-state index contributed by atoms with van der Waals surface area (Å²) in [5.74, 6) is 0.503. The quantitative estimate of drug-likeness (QED) is 0.756. The van der Waals surface area contributed by atoms with Crippen LogP contribution in [0.2, 0.25) is 0 Å². The Balaban J connectivity index is 1.93. The molecule has 0 fully saturated rings. The van der Waals surface area contributed by atoms with E-state index in [1.165, 1.54) is 12.3 Å². The van der Waals surface area contributed by atoms with Crippen molar-refractivity contribution in [3.8, 4) is 16.9 Å². The summed E-state index contributed by atoms with van der Waals surface area (Å²) in [5.41, 5.74) is 1.70. The lowest BCUT2D eigenvalue weighted by Crippen LogP contribution is -2.15. The van der Waals surface area contributed by atoms with Gasteiger partial charge in [0.15, 0.2) is 0 Å². The van der Waals surface area contributed by atoms with Crippen molar-refractivity contribution in [3.05, 3.63) is 48.5 Å². The zero-order chi connectivity index (χ0) is 14.4. The summed E-state index contributed by atoms with van der Waals surface area (Å²) in [6, 6.07) is 9.10. The molecule has 3 nitrogen and oxygen atoms in total. The van der Waals surface area contributed by atoms with E-state index in [9.17, 15) is 4.39 Å². The van der Waals surface area contributed by atoms with Gasteiger partial charge in [-0.2, -0.15) is 0 Å². The molecule has 0 bridgehead atoms. The highest BCUT2D eigenvalue weighted by atomic mass is 19.1. The number of benzene rings is 1. The van der Waals surface area contributed by atoms with Crippen LogP contribution in [0.25, 0.3) is 11.1 Å². The van der Waals surface area contributed by atoms with E-state index < -0.39 is 0 Å². The lowest BCUT2D eigenvalue weighted by Gasteiger charge is -2.10. The fourth-order valence-corrected chi connectivity index (χ4v) is 1.88. The van der Waals surface area contributed by atoms with Crippen molar-refractivity contribution in [1.29, 1.82) is 0 Å². The minimum atomic E-state index is -0.327. The highest BCUT2D eigenvalue weighted by molar-refractivity contribution is 5.63. The first-order valence-corrected chi connectivity index (χ1v) is 6.63. The molecular weight excluding hydrogens is 255 g/mol. The Labute approximate surface area is 119 Å². The molecule has 0 unspecified atom stereocenters. The molecule has 1 aromatic carbocycles. The van der Waals surface area contributed by atoms with Gasteiger partial charge in [-0.05, 0) is 44.3 Å². The van der Waals surface area contributed by atoms with Crippen molar-refractivity contribution in [2.24, 2.45) is 0 Å². The molecule has 0 saturated carbocycles. The van der Waals surface area contributed by atoms with E-state index in [1.807, 2.05) is 38.4 Å². The van der Waals surface area contributed by atoms with Crippen molar-refractivity contribution >= 4 is 0 Å². The van der Waals surface area contributed by atoms with Crippen LogP contribution in [0.3, 0.4) is 0 Å². The molecule has 20 heavy (non-hydrogen) atoms. The molecule has 106 valence electrons. The van der Waals surface area contributed by atoms with Gasteiger partial charge in [0.25, 0.3) is 0 Å². The van der Waals surface area contributed by atoms with Gasteiger partial charge in [-0.15, -0.1) is 0 Å². The maximum absolute atomic E-state index is 13.1. The van der Waals surface area contributed by atoms with Gasteiger partial charge in [0, 0.05) is 18.3 Å². The normalized spacial score (nSPS) is 10.8. The van der Waals surface area contributed by atoms with Crippen LogP contribution >= 0.6 is 0 Å². The molecular formula is C16H19FN2O. The van der Waals surface area contributed by atoms with Crippen molar-refractivity contribution in [3.63, 3.8) is 0 Å². The molecule has 0 saturated heterocycles. The van der Waals surface area contributed by atoms with Crippen molar-refractivity contribution in [1.82, 2.24) is 9.88 Å². The van der Waals surface area contributed by atoms with Gasteiger partial charge in [-0.1, -0.05) is 12.1 Å². The van der Waals surface area contributed by atoms with E-state index in [4.69, 9.17) is 4.74 Å². The van der Waals surface area contributed by atoms with Gasteiger partial charge in [0.2, 0.25) is 0 Å². The smallest absolute Gasteiger partial charge is 0.142 e. The summed E-state index contributed by atoms with van der Waals surface area (Å²) in [4.78, 5) is 5.98. The van der Waals surface area contributed by atoms with Crippen LogP contribution in [0, 0.1) is 5.82 Å². The van der Waals surface area contributed by atoms with E-state index in [0.717, 1.165) is 29.8 Å². The second-order valence-corrected chi connectivity index (χ2v) is 4.92. The summed E-state index contributed by atoms with van der Waals surface area (Å²) in [6.45, 7) is 1.70. The van der Waals surface area contributed by atoms with Gasteiger partial charge in [-0.25, -0.2) is 4.39 Å². The number of hydrogen-bond donors (Lipinski definition) is 0. The van der Waals surface area contributed by atoms with Crippen LogP contribution in [-0.4, -0.2) is 37.1 Å². The van der Waals surface area contributed by atoms with Crippen molar-refractivity contribution in [2.75, 3.05) is 27.2 Å². The predicted molar refractivity (Wildman–Crippen MR) is 78.3 cm³/mol. The molecule has 1 aromatic heterocycles. The highest BCUT2D eigenvalue weighted by Gasteiger charge is 2.01. The van der Waals surface area contributed by atoms with E-state index >= 15 is 0 Å². The van der Waals surface area contributed by atoms with Crippen LogP contribution < -0.4 is 4.74 Å². The average Bonchev–Trinajstić information content (AvgIpc) is 2.44. The third-order valence-electron chi connectivity index (χ3n) is 2.91. The molecule has 0 radical (unpaired) electrons. The number of ether oxygens (including phenoxy) is 1. The average molecular weight is 274 g/mol. The third-order valence-corrected chi connectivity index (χ3v) is 2.91. The lowest BCUT2D eigenvalue weighted by atomic mass is 10.1. The van der Waals surface area contributed by atoms with Crippen molar-refractivity contribution in [2.45, 2.75) is 6.42 Å². The SMILES string of the molecule is CN(C)CCCOc1ccc(-c2cncc(F)c2)cc1. The molecule has 2 aromatic rings. The second kappa shape index (κ2) is 7.01. The number of pyridine rings is 1. The summed E-state index contributed by atoms with van der Waals surface area (Å²) < 4.78 is 18.8. The molecule has 2 rings (SSSR count). The Morgan fingerprint density at radius 3 is 2.50 bits per heavy atom. The van der Waals surface area contributed by atoms with Crippen molar-refractivity contribution < 1.29 is 9.13 Å². The molecule has 0 aliphatic heterocycles. The molecule has 1 heterocycles. The van der Waals surface area contributed by atoms with Crippen LogP contribution in [0.15, 0.2) is 42.7 Å². The zero-order valence-corrected chi connectivity index (χ0v) is 11.8. The Morgan fingerprint density at radius 1 is 1.10 bits per heavy atom. The Kier molecular flexibility index (Phi) is 5.07. The summed E-state index contributed by atoms with van der Waals surface area (Å²) >= 11 is 0. The molecule has 0 atom stereocenters. The molecule has 0 aliphatic rings. The van der Waals surface area contributed by atoms with Gasteiger partial charge in [-0.3, -0.25) is 4.98 Å². The number of nitrogens with zero attached hydrogens (tertiary/aromatic N) is 2.